The highest BCUT2D eigenvalue weighted by molar-refractivity contribution is 9.11. The first-order valence-electron chi connectivity index (χ1n) is 15.4. The van der Waals surface area contributed by atoms with Crippen molar-refractivity contribution in [2.45, 2.75) is 97.2 Å². The van der Waals surface area contributed by atoms with Gasteiger partial charge in [0.2, 0.25) is 5.88 Å². The molecule has 0 saturated heterocycles. The Balaban J connectivity index is 1.11. The van der Waals surface area contributed by atoms with E-state index in [4.69, 9.17) is 0 Å². The van der Waals surface area contributed by atoms with E-state index in [1.165, 1.54) is 6.42 Å². The van der Waals surface area contributed by atoms with Gasteiger partial charge in [0, 0.05) is 20.8 Å². The molecule has 4 N–H and O–H groups in total. The second-order valence-corrected chi connectivity index (χ2v) is 16.0. The van der Waals surface area contributed by atoms with Crippen LogP contribution in [0.3, 0.4) is 0 Å². The predicted octanol–water partition coefficient (Wildman–Crippen LogP) is 8.42. The summed E-state index contributed by atoms with van der Waals surface area (Å²) in [6.07, 6.45) is 8.93. The zero-order valence-electron chi connectivity index (χ0n) is 24.2. The third kappa shape index (κ3) is 5.04. The highest BCUT2D eigenvalue weighted by Gasteiger charge is 2.62. The number of carbonyl (C=O) groups excluding carboxylic acids is 1. The number of fused-ring (bicyclic) bond motifs is 6. The maximum absolute atomic E-state index is 12.8. The minimum atomic E-state index is -0.274. The third-order valence-electron chi connectivity index (χ3n) is 12.3. The summed E-state index contributed by atoms with van der Waals surface area (Å²) in [5.41, 5.74) is 1.38. The number of hydrogen-bond acceptors (Lipinski definition) is 5. The molecule has 41 heavy (non-hydrogen) atoms. The molecule has 224 valence electrons. The van der Waals surface area contributed by atoms with Crippen molar-refractivity contribution in [3.05, 3.63) is 21.1 Å². The molecule has 4 fully saturated rings. The van der Waals surface area contributed by atoms with E-state index in [0.717, 1.165) is 60.3 Å². The van der Waals surface area contributed by atoms with E-state index in [1.54, 1.807) is 0 Å². The summed E-state index contributed by atoms with van der Waals surface area (Å²) >= 11 is 6.95. The molecule has 1 amide bonds. The quantitative estimate of drug-likeness (QED) is 0.235. The first kappa shape index (κ1) is 29.8. The van der Waals surface area contributed by atoms with Gasteiger partial charge in [0.1, 0.15) is 0 Å². The standard InChI is InChI=1S/C32H43Br2N3O4/c1-16(4-7-26(40)36-37-29-20-14-18(33)15-24(34)28(20)35-30(29)41)21-5-6-22-27-23(9-11-32(21,22)3)31(2)10-8-19(38)12-17(31)13-25(27)39/h14-17,19,21-23,25,27,35,38-39,41H,4-13H2,1-3H3/t16-,17+,19-,21-,22+,23+,25+,27+,31-,32-/m0/s1. The van der Waals surface area contributed by atoms with Gasteiger partial charge in [-0.3, -0.25) is 4.79 Å². The molecular weight excluding hydrogens is 650 g/mol. The van der Waals surface area contributed by atoms with E-state index in [-0.39, 0.29) is 40.5 Å². The Labute approximate surface area is 259 Å². The first-order chi connectivity index (χ1) is 19.4. The zero-order chi connectivity index (χ0) is 29.3. The molecular formula is C32H43Br2N3O4. The molecule has 7 nitrogen and oxygen atoms in total. The number of benzene rings is 1. The van der Waals surface area contributed by atoms with Crippen molar-refractivity contribution in [3.63, 3.8) is 0 Å². The minimum Gasteiger partial charge on any atom is -0.493 e. The number of H-pyrrole nitrogens is 1. The first-order valence-corrected chi connectivity index (χ1v) is 17.0. The van der Waals surface area contributed by atoms with Crippen molar-refractivity contribution < 1.29 is 20.1 Å². The number of halogens is 2. The number of aliphatic hydroxyl groups excluding tert-OH is 2. The number of nitrogens with one attached hydrogen (secondary N) is 1. The molecule has 4 saturated carbocycles. The number of aromatic amines is 1. The van der Waals surface area contributed by atoms with Gasteiger partial charge in [0.15, 0.2) is 5.69 Å². The van der Waals surface area contributed by atoms with E-state index < -0.39 is 0 Å². The third-order valence-corrected chi connectivity index (χ3v) is 13.4. The van der Waals surface area contributed by atoms with Crippen LogP contribution in [0.5, 0.6) is 5.88 Å². The fourth-order valence-corrected chi connectivity index (χ4v) is 11.5. The second-order valence-electron chi connectivity index (χ2n) is 14.2. The molecule has 1 aromatic heterocycles. The maximum Gasteiger partial charge on any atom is 0.264 e. The lowest BCUT2D eigenvalue weighted by Gasteiger charge is -2.62. The summed E-state index contributed by atoms with van der Waals surface area (Å²) in [6.45, 7) is 7.20. The largest absolute Gasteiger partial charge is 0.493 e. The normalized spacial score (nSPS) is 39.4. The Morgan fingerprint density at radius 1 is 1.07 bits per heavy atom. The lowest BCUT2D eigenvalue weighted by atomic mass is 9.43. The molecule has 4 aliphatic rings. The van der Waals surface area contributed by atoms with Crippen LogP contribution in [0.2, 0.25) is 0 Å². The Morgan fingerprint density at radius 3 is 2.59 bits per heavy atom. The summed E-state index contributed by atoms with van der Waals surface area (Å²) < 4.78 is 1.61. The van der Waals surface area contributed by atoms with Crippen LogP contribution >= 0.6 is 31.9 Å². The van der Waals surface area contributed by atoms with Crippen molar-refractivity contribution in [3.8, 4) is 5.88 Å². The summed E-state index contributed by atoms with van der Waals surface area (Å²) in [5, 5.41) is 41.0. The van der Waals surface area contributed by atoms with Crippen LogP contribution in [0.25, 0.3) is 10.9 Å². The Bertz CT molecular complexity index is 1360. The van der Waals surface area contributed by atoms with E-state index in [1.807, 2.05) is 12.1 Å². The molecule has 0 spiro atoms. The van der Waals surface area contributed by atoms with Crippen molar-refractivity contribution in [1.82, 2.24) is 4.98 Å². The van der Waals surface area contributed by atoms with Gasteiger partial charge in [-0.1, -0.05) is 36.7 Å². The Kier molecular flexibility index (Phi) is 7.99. The Morgan fingerprint density at radius 2 is 1.80 bits per heavy atom. The predicted molar refractivity (Wildman–Crippen MR) is 166 cm³/mol. The van der Waals surface area contributed by atoms with Crippen LogP contribution in [0, 0.1) is 46.3 Å². The summed E-state index contributed by atoms with van der Waals surface area (Å²) in [6, 6.07) is 3.71. The van der Waals surface area contributed by atoms with Gasteiger partial charge in [-0.2, -0.15) is 0 Å². The lowest BCUT2D eigenvalue weighted by molar-refractivity contribution is -0.174. The molecule has 1 heterocycles. The van der Waals surface area contributed by atoms with Gasteiger partial charge in [0.05, 0.1) is 17.7 Å². The fourth-order valence-electron chi connectivity index (χ4n) is 10.2. The van der Waals surface area contributed by atoms with Gasteiger partial charge >= 0.3 is 0 Å². The molecule has 2 aromatic rings. The van der Waals surface area contributed by atoms with Crippen molar-refractivity contribution >= 4 is 54.4 Å². The molecule has 9 heteroatoms. The van der Waals surface area contributed by atoms with Gasteiger partial charge in [0.25, 0.3) is 5.91 Å². The van der Waals surface area contributed by atoms with Gasteiger partial charge in [-0.25, -0.2) is 0 Å². The number of hydrogen-bond donors (Lipinski definition) is 4. The van der Waals surface area contributed by atoms with E-state index in [9.17, 15) is 20.1 Å². The molecule has 6 rings (SSSR count). The highest BCUT2D eigenvalue weighted by atomic mass is 79.9. The number of carbonyl (C=O) groups is 1. The number of aromatic hydroxyl groups is 1. The number of aromatic nitrogens is 1. The summed E-state index contributed by atoms with van der Waals surface area (Å²) in [5.74, 6) is 2.36. The molecule has 10 atom stereocenters. The zero-order valence-corrected chi connectivity index (χ0v) is 27.4. The van der Waals surface area contributed by atoms with E-state index >= 15 is 0 Å². The number of amides is 1. The average Bonchev–Trinajstić information content (AvgIpc) is 3.43. The lowest BCUT2D eigenvalue weighted by Crippen LogP contribution is -2.58. The van der Waals surface area contributed by atoms with Gasteiger partial charge in [-0.05, 0) is 132 Å². The number of nitrogens with zero attached hydrogens (tertiary/aromatic N) is 2. The summed E-state index contributed by atoms with van der Waals surface area (Å²) in [7, 11) is 0. The van der Waals surface area contributed by atoms with Crippen LogP contribution in [0.1, 0.15) is 85.0 Å². The van der Waals surface area contributed by atoms with Crippen molar-refractivity contribution in [2.24, 2.45) is 56.6 Å². The molecule has 0 aliphatic heterocycles. The monoisotopic (exact) mass is 691 g/mol. The smallest absolute Gasteiger partial charge is 0.264 e. The number of rotatable bonds is 5. The van der Waals surface area contributed by atoms with Gasteiger partial charge in [-0.15, -0.1) is 10.2 Å². The fraction of sp³-hybridized carbons (Fsp3) is 0.719. The van der Waals surface area contributed by atoms with Crippen LogP contribution in [-0.4, -0.2) is 38.4 Å². The van der Waals surface area contributed by atoms with Gasteiger partial charge < -0.3 is 20.3 Å². The topological polar surface area (TPSA) is 118 Å². The van der Waals surface area contributed by atoms with Crippen LogP contribution in [0.15, 0.2) is 31.3 Å². The molecule has 0 bridgehead atoms. The number of aliphatic hydroxyl groups is 2. The van der Waals surface area contributed by atoms with Crippen molar-refractivity contribution in [2.75, 3.05) is 0 Å². The average molecular weight is 694 g/mol. The van der Waals surface area contributed by atoms with E-state index in [2.05, 4.69) is 67.8 Å². The molecule has 0 radical (unpaired) electrons. The Hall–Kier alpha value is -1.29. The highest BCUT2D eigenvalue weighted by Crippen LogP contribution is 2.68. The molecule has 4 aliphatic carbocycles. The second kappa shape index (κ2) is 11.0. The minimum absolute atomic E-state index is 0.112. The molecule has 0 unspecified atom stereocenters. The molecule has 1 aromatic carbocycles. The maximum atomic E-state index is 12.8. The number of azo groups is 1. The van der Waals surface area contributed by atoms with Crippen LogP contribution in [0.4, 0.5) is 5.69 Å². The SMILES string of the molecule is C[C@@H](CCC(=O)N=Nc1c(O)[nH]c2c(Br)cc(Br)cc12)[C@@H]1CC[C@@H]2[C@H]3[C@H](O)C[C@H]4C[C@@H](O)CC[C@]4(C)[C@@H]3CC[C@]21C. The van der Waals surface area contributed by atoms with E-state index in [0.29, 0.717) is 52.8 Å². The van der Waals surface area contributed by atoms with Crippen molar-refractivity contribution in [1.29, 1.82) is 0 Å². The summed E-state index contributed by atoms with van der Waals surface area (Å²) in [4.78, 5) is 15.7. The van der Waals surface area contributed by atoms with Crippen LogP contribution in [-0.2, 0) is 4.79 Å². The van der Waals surface area contributed by atoms with Crippen LogP contribution < -0.4 is 0 Å².